The molecule has 0 bridgehead atoms. The molecule has 42 heavy (non-hydrogen) atoms. The normalized spacial score (nSPS) is 15.6. The van der Waals surface area contributed by atoms with E-state index in [4.69, 9.17) is 4.74 Å². The molecule has 3 N–H and O–H groups in total. The van der Waals surface area contributed by atoms with Gasteiger partial charge in [-0.2, -0.15) is 13.2 Å². The van der Waals surface area contributed by atoms with Crippen molar-refractivity contribution in [2.75, 3.05) is 32.1 Å². The zero-order valence-corrected chi connectivity index (χ0v) is 22.5. The minimum absolute atomic E-state index is 0.0317. The summed E-state index contributed by atoms with van der Waals surface area (Å²) < 4.78 is 72.6. The summed E-state index contributed by atoms with van der Waals surface area (Å²) in [4.78, 5) is 39.0. The fourth-order valence-corrected chi connectivity index (χ4v) is 4.58. The molecule has 1 atom stereocenters. The highest BCUT2D eigenvalue weighted by molar-refractivity contribution is 5.89. The SMILES string of the molecule is CNC(=O)C(O)(COc1cccc(C(F)(F)F)n1)c1cnc(C)nc1C1CCN(C(=O)Nc2c(F)cccc2F)CC1. The number of carbonyl (C=O) groups is 2. The van der Waals surface area contributed by atoms with E-state index in [2.05, 4.69) is 25.6 Å². The largest absolute Gasteiger partial charge is 0.474 e. The highest BCUT2D eigenvalue weighted by atomic mass is 19.4. The number of nitrogens with zero attached hydrogens (tertiary/aromatic N) is 4. The molecule has 2 aromatic heterocycles. The minimum Gasteiger partial charge on any atom is -0.474 e. The van der Waals surface area contributed by atoms with Gasteiger partial charge in [-0.3, -0.25) is 4.79 Å². The summed E-state index contributed by atoms with van der Waals surface area (Å²) in [6.45, 7) is 1.09. The van der Waals surface area contributed by atoms with Crippen molar-refractivity contribution in [1.82, 2.24) is 25.2 Å². The van der Waals surface area contributed by atoms with E-state index in [-0.39, 0.29) is 30.3 Å². The van der Waals surface area contributed by atoms with Crippen LogP contribution in [0.15, 0.2) is 42.6 Å². The van der Waals surface area contributed by atoms with Crippen LogP contribution in [0.3, 0.4) is 0 Å². The van der Waals surface area contributed by atoms with Gasteiger partial charge in [-0.1, -0.05) is 12.1 Å². The number of anilines is 1. The Kier molecular flexibility index (Phi) is 8.89. The molecule has 3 aromatic rings. The maximum Gasteiger partial charge on any atom is 0.433 e. The van der Waals surface area contributed by atoms with E-state index in [1.165, 1.54) is 24.2 Å². The summed E-state index contributed by atoms with van der Waals surface area (Å²) in [5.41, 5.74) is -3.95. The smallest absolute Gasteiger partial charge is 0.433 e. The number of aryl methyl sites for hydroxylation is 1. The predicted molar refractivity (Wildman–Crippen MR) is 138 cm³/mol. The maximum absolute atomic E-state index is 14.0. The number of benzene rings is 1. The number of hydrogen-bond donors (Lipinski definition) is 3. The van der Waals surface area contributed by atoms with Gasteiger partial charge in [0.25, 0.3) is 5.91 Å². The van der Waals surface area contributed by atoms with E-state index in [1.54, 1.807) is 6.92 Å². The zero-order valence-electron chi connectivity index (χ0n) is 22.5. The van der Waals surface area contributed by atoms with Gasteiger partial charge >= 0.3 is 12.2 Å². The van der Waals surface area contributed by atoms with Gasteiger partial charge in [0.2, 0.25) is 11.5 Å². The Labute approximate surface area is 236 Å². The molecule has 0 saturated carbocycles. The third-order valence-electron chi connectivity index (χ3n) is 6.79. The Morgan fingerprint density at radius 2 is 1.71 bits per heavy atom. The summed E-state index contributed by atoms with van der Waals surface area (Å²) in [5, 5.41) is 16.2. The second-order valence-corrected chi connectivity index (χ2v) is 9.59. The molecule has 0 radical (unpaired) electrons. The molecule has 0 aliphatic carbocycles. The lowest BCUT2D eigenvalue weighted by Crippen LogP contribution is -2.49. The fourth-order valence-electron chi connectivity index (χ4n) is 4.58. The number of halogens is 5. The van der Waals surface area contributed by atoms with E-state index >= 15 is 0 Å². The number of rotatable bonds is 7. The van der Waals surface area contributed by atoms with Gasteiger partial charge in [-0.15, -0.1) is 0 Å². The maximum atomic E-state index is 14.0. The number of amides is 3. The third kappa shape index (κ3) is 6.56. The topological polar surface area (TPSA) is 130 Å². The second kappa shape index (κ2) is 12.2. The Bertz CT molecular complexity index is 1440. The van der Waals surface area contributed by atoms with Crippen molar-refractivity contribution in [3.05, 3.63) is 77.0 Å². The minimum atomic E-state index is -4.73. The number of carbonyl (C=O) groups excluding carboxylic acids is 2. The first-order chi connectivity index (χ1) is 19.8. The third-order valence-corrected chi connectivity index (χ3v) is 6.79. The number of likely N-dealkylation sites (N-methyl/N-ethyl adjacent to an activating group) is 1. The number of hydrogen-bond acceptors (Lipinski definition) is 7. The number of likely N-dealkylation sites (tertiary alicyclic amines) is 1. The lowest BCUT2D eigenvalue weighted by molar-refractivity contribution is -0.145. The average molecular weight is 595 g/mol. The molecule has 1 saturated heterocycles. The van der Waals surface area contributed by atoms with Crippen LogP contribution in [0.25, 0.3) is 0 Å². The number of ether oxygens (including phenoxy) is 1. The van der Waals surface area contributed by atoms with Crippen LogP contribution >= 0.6 is 0 Å². The van der Waals surface area contributed by atoms with Crippen LogP contribution in [0.5, 0.6) is 5.88 Å². The molecule has 4 rings (SSSR count). The van der Waals surface area contributed by atoms with Gasteiger partial charge in [-0.25, -0.2) is 28.5 Å². The monoisotopic (exact) mass is 594 g/mol. The standard InChI is InChI=1S/C27H27F5N6O4/c1-15-34-13-17(26(41,24(39)33-2)14-42-21-8-4-7-20(36-21)27(30,31)32)22(35-15)16-9-11-38(12-10-16)25(40)37-23-18(28)5-3-6-19(23)29/h3-8,13,16,41H,9-12,14H2,1-2H3,(H,33,39)(H,37,40). The molecular formula is C27H27F5N6O4. The molecule has 1 fully saturated rings. The zero-order chi connectivity index (χ0) is 30.7. The Hall–Kier alpha value is -4.40. The molecule has 0 spiro atoms. The summed E-state index contributed by atoms with van der Waals surface area (Å²) >= 11 is 0. The lowest BCUT2D eigenvalue weighted by atomic mass is 9.84. The molecular weight excluding hydrogens is 567 g/mol. The molecule has 1 aromatic carbocycles. The Morgan fingerprint density at radius 3 is 2.33 bits per heavy atom. The summed E-state index contributed by atoms with van der Waals surface area (Å²) in [7, 11) is 1.26. The van der Waals surface area contributed by atoms with Gasteiger partial charge < -0.3 is 25.4 Å². The van der Waals surface area contributed by atoms with Gasteiger partial charge in [-0.05, 0) is 38.0 Å². The van der Waals surface area contributed by atoms with Gasteiger partial charge in [0.05, 0.1) is 5.69 Å². The van der Waals surface area contributed by atoms with E-state index < -0.39 is 59.2 Å². The van der Waals surface area contributed by atoms with E-state index in [9.17, 15) is 36.6 Å². The van der Waals surface area contributed by atoms with Crippen LogP contribution in [0.1, 0.15) is 41.5 Å². The predicted octanol–water partition coefficient (Wildman–Crippen LogP) is 3.90. The molecule has 1 unspecified atom stereocenters. The number of aliphatic hydroxyl groups is 1. The average Bonchev–Trinajstić information content (AvgIpc) is 2.97. The Morgan fingerprint density at radius 1 is 1.07 bits per heavy atom. The Balaban J connectivity index is 1.55. The quantitative estimate of drug-likeness (QED) is 0.354. The molecule has 15 heteroatoms. The van der Waals surface area contributed by atoms with Crippen LogP contribution < -0.4 is 15.4 Å². The molecule has 224 valence electrons. The molecule has 3 amide bonds. The number of pyridine rings is 1. The first kappa shape index (κ1) is 30.6. The van der Waals surface area contributed by atoms with Crippen molar-refractivity contribution >= 4 is 17.6 Å². The highest BCUT2D eigenvalue weighted by Gasteiger charge is 2.43. The molecule has 10 nitrogen and oxygen atoms in total. The van der Waals surface area contributed by atoms with E-state index in [0.29, 0.717) is 18.7 Å². The highest BCUT2D eigenvalue weighted by Crippen LogP contribution is 2.35. The lowest BCUT2D eigenvalue weighted by Gasteiger charge is -2.34. The van der Waals surface area contributed by atoms with Crippen molar-refractivity contribution in [1.29, 1.82) is 0 Å². The first-order valence-electron chi connectivity index (χ1n) is 12.8. The number of alkyl halides is 3. The molecule has 3 heterocycles. The number of nitrogens with one attached hydrogen (secondary N) is 2. The molecule has 1 aliphatic heterocycles. The second-order valence-electron chi connectivity index (χ2n) is 9.59. The van der Waals surface area contributed by atoms with Crippen molar-refractivity contribution < 1.29 is 41.4 Å². The summed E-state index contributed by atoms with van der Waals surface area (Å²) in [6, 6.07) is 5.49. The van der Waals surface area contributed by atoms with Crippen LogP contribution in [-0.4, -0.2) is 63.6 Å². The van der Waals surface area contributed by atoms with Crippen LogP contribution in [0, 0.1) is 18.6 Å². The van der Waals surface area contributed by atoms with Crippen LogP contribution in [0.4, 0.5) is 32.4 Å². The van der Waals surface area contributed by atoms with Crippen LogP contribution in [-0.2, 0) is 16.6 Å². The number of piperidine rings is 1. The van der Waals surface area contributed by atoms with Crippen molar-refractivity contribution in [2.24, 2.45) is 0 Å². The van der Waals surface area contributed by atoms with E-state index in [1.807, 2.05) is 0 Å². The van der Waals surface area contributed by atoms with Crippen molar-refractivity contribution in [3.8, 4) is 5.88 Å². The first-order valence-corrected chi connectivity index (χ1v) is 12.8. The van der Waals surface area contributed by atoms with Crippen molar-refractivity contribution in [2.45, 2.75) is 37.5 Å². The fraction of sp³-hybridized carbons (Fsp3) is 0.370. The summed E-state index contributed by atoms with van der Waals surface area (Å²) in [6.07, 6.45) is -2.88. The van der Waals surface area contributed by atoms with Crippen LogP contribution in [0.2, 0.25) is 0 Å². The number of urea groups is 1. The number of aromatic nitrogens is 3. The van der Waals surface area contributed by atoms with Gasteiger partial charge in [0.15, 0.2) is 0 Å². The van der Waals surface area contributed by atoms with Gasteiger partial charge in [0, 0.05) is 43.9 Å². The number of para-hydroxylation sites is 1. The summed E-state index contributed by atoms with van der Waals surface area (Å²) in [5.74, 6) is -3.30. The molecule has 1 aliphatic rings. The van der Waals surface area contributed by atoms with E-state index in [0.717, 1.165) is 30.3 Å². The van der Waals surface area contributed by atoms with Gasteiger partial charge in [0.1, 0.15) is 35.4 Å². The van der Waals surface area contributed by atoms with Crippen molar-refractivity contribution in [3.63, 3.8) is 0 Å².